The molecule has 1 aromatic rings. The molecular weight excluding hydrogens is 308 g/mol. The molecule has 1 aromatic heterocycles. The van der Waals surface area contributed by atoms with Gasteiger partial charge in [0, 0.05) is 32.2 Å². The first-order valence-corrected chi connectivity index (χ1v) is 8.68. The summed E-state index contributed by atoms with van der Waals surface area (Å²) in [6, 6.07) is 0.737. The van der Waals surface area contributed by atoms with Gasteiger partial charge in [-0.3, -0.25) is 9.69 Å². The minimum atomic E-state index is 0.0428. The maximum Gasteiger partial charge on any atom is 0.234 e. The van der Waals surface area contributed by atoms with Gasteiger partial charge in [-0.25, -0.2) is 4.68 Å². The lowest BCUT2D eigenvalue weighted by atomic mass is 10.1. The minimum absolute atomic E-state index is 0.0428. The lowest BCUT2D eigenvalue weighted by Gasteiger charge is -2.38. The molecule has 8 heteroatoms. The fraction of sp³-hybridized carbons (Fsp3) is 0.812. The van der Waals surface area contributed by atoms with Crippen molar-refractivity contribution in [2.45, 2.75) is 52.4 Å². The Kier molecular flexibility index (Phi) is 7.14. The van der Waals surface area contributed by atoms with Gasteiger partial charge in [-0.1, -0.05) is 19.1 Å². The summed E-state index contributed by atoms with van der Waals surface area (Å²) in [5.74, 6) is 0.0428. The Morgan fingerprint density at radius 2 is 2.12 bits per heavy atom. The smallest absolute Gasteiger partial charge is 0.234 e. The second kappa shape index (κ2) is 9.10. The molecule has 0 bridgehead atoms. The van der Waals surface area contributed by atoms with Crippen LogP contribution in [-0.4, -0.2) is 70.7 Å². The van der Waals surface area contributed by atoms with E-state index in [2.05, 4.69) is 39.7 Å². The number of amides is 1. The van der Waals surface area contributed by atoms with Crippen LogP contribution in [0.3, 0.4) is 0 Å². The van der Waals surface area contributed by atoms with Crippen LogP contribution in [0.2, 0.25) is 0 Å². The molecule has 136 valence electrons. The highest BCUT2D eigenvalue weighted by Crippen LogP contribution is 2.19. The summed E-state index contributed by atoms with van der Waals surface area (Å²) in [7, 11) is 0. The Labute approximate surface area is 143 Å². The van der Waals surface area contributed by atoms with Gasteiger partial charge < -0.3 is 15.4 Å². The molecule has 8 nitrogen and oxygen atoms in total. The maximum atomic E-state index is 11.8. The zero-order valence-electron chi connectivity index (χ0n) is 15.2. The molecule has 0 saturated carbocycles. The first-order valence-electron chi connectivity index (χ1n) is 8.68. The van der Waals surface area contributed by atoms with Crippen molar-refractivity contribution in [3.63, 3.8) is 0 Å². The average Bonchev–Trinajstić information content (AvgIpc) is 2.93. The van der Waals surface area contributed by atoms with E-state index in [1.807, 2.05) is 24.7 Å². The van der Waals surface area contributed by atoms with Crippen molar-refractivity contribution in [3.05, 3.63) is 11.9 Å². The molecular formula is C16H30N6O2. The highest BCUT2D eigenvalue weighted by atomic mass is 16.5. The molecule has 24 heavy (non-hydrogen) atoms. The van der Waals surface area contributed by atoms with E-state index < -0.39 is 0 Å². The number of nitrogens with zero attached hydrogens (tertiary/aromatic N) is 4. The first-order chi connectivity index (χ1) is 11.4. The molecule has 0 radical (unpaired) electrons. The summed E-state index contributed by atoms with van der Waals surface area (Å²) in [6.07, 6.45) is 2.18. The van der Waals surface area contributed by atoms with Crippen LogP contribution in [0, 0.1) is 0 Å². The molecule has 2 heterocycles. The van der Waals surface area contributed by atoms with Crippen LogP contribution >= 0.6 is 0 Å². The first kappa shape index (κ1) is 18.8. The van der Waals surface area contributed by atoms with E-state index in [0.29, 0.717) is 31.8 Å². The minimum Gasteiger partial charge on any atom is -0.377 e. The van der Waals surface area contributed by atoms with Gasteiger partial charge in [-0.15, -0.1) is 5.10 Å². The second-order valence-electron chi connectivity index (χ2n) is 6.84. The summed E-state index contributed by atoms with van der Waals surface area (Å²) in [5.41, 5.74) is 0.949. The van der Waals surface area contributed by atoms with Crippen molar-refractivity contribution in [1.29, 1.82) is 0 Å². The SMILES string of the molecule is CC(C)NCc1cn(C2CN(CC(=O)NCCOC(C)C)C2)nn1. The zero-order chi connectivity index (χ0) is 17.5. The number of ether oxygens (including phenoxy) is 1. The topological polar surface area (TPSA) is 84.3 Å². The fourth-order valence-corrected chi connectivity index (χ4v) is 2.46. The van der Waals surface area contributed by atoms with Crippen molar-refractivity contribution in [2.24, 2.45) is 0 Å². The van der Waals surface area contributed by atoms with Crippen LogP contribution in [0.25, 0.3) is 0 Å². The van der Waals surface area contributed by atoms with Gasteiger partial charge in [0.1, 0.15) is 0 Å². The summed E-state index contributed by atoms with van der Waals surface area (Å²) < 4.78 is 7.30. The number of carbonyl (C=O) groups excluding carboxylic acids is 1. The maximum absolute atomic E-state index is 11.8. The average molecular weight is 338 g/mol. The third kappa shape index (κ3) is 6.18. The highest BCUT2D eigenvalue weighted by Gasteiger charge is 2.30. The van der Waals surface area contributed by atoms with E-state index >= 15 is 0 Å². The van der Waals surface area contributed by atoms with Crippen LogP contribution in [0.15, 0.2) is 6.20 Å². The van der Waals surface area contributed by atoms with Gasteiger partial charge in [-0.2, -0.15) is 0 Å². The lowest BCUT2D eigenvalue weighted by molar-refractivity contribution is -0.124. The predicted octanol–water partition coefficient (Wildman–Crippen LogP) is 0.174. The van der Waals surface area contributed by atoms with Crippen molar-refractivity contribution in [1.82, 2.24) is 30.5 Å². The molecule has 1 aliphatic heterocycles. The number of hydrogen-bond donors (Lipinski definition) is 2. The van der Waals surface area contributed by atoms with Crippen molar-refractivity contribution in [2.75, 3.05) is 32.8 Å². The van der Waals surface area contributed by atoms with Crippen LogP contribution < -0.4 is 10.6 Å². The Morgan fingerprint density at radius 1 is 1.38 bits per heavy atom. The Morgan fingerprint density at radius 3 is 2.79 bits per heavy atom. The van der Waals surface area contributed by atoms with Crippen molar-refractivity contribution >= 4 is 5.91 Å². The molecule has 1 saturated heterocycles. The predicted molar refractivity (Wildman–Crippen MR) is 91.6 cm³/mol. The monoisotopic (exact) mass is 338 g/mol. The molecule has 0 atom stereocenters. The molecule has 0 spiro atoms. The van der Waals surface area contributed by atoms with Crippen LogP contribution in [0.1, 0.15) is 39.4 Å². The normalized spacial score (nSPS) is 15.9. The third-order valence-electron chi connectivity index (χ3n) is 3.80. The molecule has 0 unspecified atom stereocenters. The standard InChI is InChI=1S/C16H30N6O2/c1-12(2)18-7-14-8-22(20-19-14)15-9-21(10-15)11-16(23)17-5-6-24-13(3)4/h8,12-13,15,18H,5-7,9-11H2,1-4H3,(H,17,23). The summed E-state index contributed by atoms with van der Waals surface area (Å²) >= 11 is 0. The number of aromatic nitrogens is 3. The number of hydrogen-bond acceptors (Lipinski definition) is 6. The van der Waals surface area contributed by atoms with Crippen LogP contribution in [0.5, 0.6) is 0 Å². The fourth-order valence-electron chi connectivity index (χ4n) is 2.46. The van der Waals surface area contributed by atoms with E-state index in [0.717, 1.165) is 25.3 Å². The number of likely N-dealkylation sites (tertiary alicyclic amines) is 1. The third-order valence-corrected chi connectivity index (χ3v) is 3.80. The lowest BCUT2D eigenvalue weighted by Crippen LogP contribution is -2.51. The molecule has 1 amide bonds. The van der Waals surface area contributed by atoms with E-state index in [1.165, 1.54) is 0 Å². The van der Waals surface area contributed by atoms with E-state index in [1.54, 1.807) is 0 Å². The van der Waals surface area contributed by atoms with Gasteiger partial charge in [0.15, 0.2) is 0 Å². The Bertz CT molecular complexity index is 510. The summed E-state index contributed by atoms with van der Waals surface area (Å²) in [4.78, 5) is 13.9. The molecule has 1 aliphatic rings. The highest BCUT2D eigenvalue weighted by molar-refractivity contribution is 5.78. The van der Waals surface area contributed by atoms with Crippen molar-refractivity contribution < 1.29 is 9.53 Å². The van der Waals surface area contributed by atoms with Gasteiger partial charge >= 0.3 is 0 Å². The van der Waals surface area contributed by atoms with Gasteiger partial charge in [-0.05, 0) is 13.8 Å². The molecule has 2 rings (SSSR count). The largest absolute Gasteiger partial charge is 0.377 e. The number of rotatable bonds is 10. The summed E-state index contributed by atoms with van der Waals surface area (Å²) in [5, 5.41) is 14.6. The van der Waals surface area contributed by atoms with Gasteiger partial charge in [0.2, 0.25) is 5.91 Å². The van der Waals surface area contributed by atoms with E-state index in [9.17, 15) is 4.79 Å². The van der Waals surface area contributed by atoms with E-state index in [-0.39, 0.29) is 12.0 Å². The van der Waals surface area contributed by atoms with E-state index in [4.69, 9.17) is 4.74 Å². The van der Waals surface area contributed by atoms with Gasteiger partial charge in [0.05, 0.1) is 37.2 Å². The zero-order valence-corrected chi connectivity index (χ0v) is 15.2. The molecule has 0 aliphatic carbocycles. The van der Waals surface area contributed by atoms with Crippen LogP contribution in [0.4, 0.5) is 0 Å². The Balaban J connectivity index is 1.61. The van der Waals surface area contributed by atoms with Gasteiger partial charge in [0.25, 0.3) is 0 Å². The molecule has 1 fully saturated rings. The Hall–Kier alpha value is -1.51. The molecule has 0 aromatic carbocycles. The quantitative estimate of drug-likeness (QED) is 0.592. The van der Waals surface area contributed by atoms with Crippen LogP contribution in [-0.2, 0) is 16.1 Å². The number of carbonyl (C=O) groups is 1. The van der Waals surface area contributed by atoms with Crippen molar-refractivity contribution in [3.8, 4) is 0 Å². The molecule has 2 N–H and O–H groups in total. The second-order valence-corrected chi connectivity index (χ2v) is 6.84. The number of nitrogens with one attached hydrogen (secondary N) is 2. The summed E-state index contributed by atoms with van der Waals surface area (Å²) in [6.45, 7) is 12.1.